The van der Waals surface area contributed by atoms with Crippen LogP contribution in [0.4, 0.5) is 5.69 Å². The molecule has 3 aromatic rings. The zero-order valence-electron chi connectivity index (χ0n) is 20.2. The van der Waals surface area contributed by atoms with Gasteiger partial charge in [0.25, 0.3) is 6.47 Å². The van der Waals surface area contributed by atoms with Crippen molar-refractivity contribution in [3.05, 3.63) is 40.9 Å². The van der Waals surface area contributed by atoms with Crippen molar-refractivity contribution >= 4 is 34.8 Å². The first kappa shape index (κ1) is 24.5. The van der Waals surface area contributed by atoms with E-state index in [9.17, 15) is 0 Å². The number of hydrogen-bond donors (Lipinski definition) is 2. The Morgan fingerprint density at radius 3 is 2.82 bits per heavy atom. The van der Waals surface area contributed by atoms with E-state index in [0.717, 1.165) is 32.5 Å². The highest BCUT2D eigenvalue weighted by molar-refractivity contribution is 6.30. The van der Waals surface area contributed by atoms with Crippen molar-refractivity contribution in [1.82, 2.24) is 24.6 Å². The predicted molar refractivity (Wildman–Crippen MR) is 136 cm³/mol. The lowest BCUT2D eigenvalue weighted by Gasteiger charge is -2.34. The van der Waals surface area contributed by atoms with Crippen LogP contribution in [-0.2, 0) is 17.8 Å². The number of hydrogen-bond acceptors (Lipinski definition) is 5. The van der Waals surface area contributed by atoms with E-state index in [1.165, 1.54) is 47.4 Å². The zero-order valence-corrected chi connectivity index (χ0v) is 21.0. The van der Waals surface area contributed by atoms with E-state index in [0.29, 0.717) is 17.1 Å². The van der Waals surface area contributed by atoms with Gasteiger partial charge in [-0.25, -0.2) is 4.98 Å². The summed E-state index contributed by atoms with van der Waals surface area (Å²) >= 11 is 6.11. The zero-order chi connectivity index (χ0) is 24.2. The smallest absolute Gasteiger partial charge is 0.290 e. The van der Waals surface area contributed by atoms with Gasteiger partial charge in [0.1, 0.15) is 5.82 Å². The molecule has 2 aromatic heterocycles. The molecule has 0 spiro atoms. The third-order valence-electron chi connectivity index (χ3n) is 7.24. The lowest BCUT2D eigenvalue weighted by molar-refractivity contribution is -0.122. The Labute approximate surface area is 205 Å². The highest BCUT2D eigenvalue weighted by atomic mass is 35.5. The molecule has 3 unspecified atom stereocenters. The largest absolute Gasteiger partial charge is 0.483 e. The van der Waals surface area contributed by atoms with Crippen LogP contribution >= 0.6 is 11.6 Å². The standard InChI is InChI=1S/C24H33ClN6.CH2O2/c1-16(14-30-15-18(25)13-27-30)24-28-23-20-7-6-17(2)29(3)21(20)8-9-22(23)31(24)19-5-4-11-26-12-10-19;2-1-3/h8-9,13,15-17,19,26H,4-7,10-12,14H2,1-3H3;1H,(H,2,3). The highest BCUT2D eigenvalue weighted by Crippen LogP contribution is 2.38. The van der Waals surface area contributed by atoms with Crippen molar-refractivity contribution in [1.29, 1.82) is 0 Å². The minimum absolute atomic E-state index is 0.246. The van der Waals surface area contributed by atoms with Gasteiger partial charge in [0.15, 0.2) is 0 Å². The van der Waals surface area contributed by atoms with Gasteiger partial charge in [-0.1, -0.05) is 18.5 Å². The highest BCUT2D eigenvalue weighted by Gasteiger charge is 2.28. The van der Waals surface area contributed by atoms with Crippen LogP contribution in [0.25, 0.3) is 11.0 Å². The topological polar surface area (TPSA) is 88.2 Å². The third kappa shape index (κ3) is 4.93. The molecule has 0 aliphatic carbocycles. The lowest BCUT2D eigenvalue weighted by Crippen LogP contribution is -2.33. The number of aromatic nitrogens is 4. The van der Waals surface area contributed by atoms with Crippen LogP contribution in [0.2, 0.25) is 5.02 Å². The number of benzene rings is 1. The van der Waals surface area contributed by atoms with Crippen LogP contribution in [0, 0.1) is 0 Å². The molecule has 2 aliphatic heterocycles. The van der Waals surface area contributed by atoms with Crippen molar-refractivity contribution in [2.75, 3.05) is 25.0 Å². The van der Waals surface area contributed by atoms with Gasteiger partial charge in [-0.3, -0.25) is 9.48 Å². The number of halogens is 1. The quantitative estimate of drug-likeness (QED) is 0.529. The van der Waals surface area contributed by atoms with Gasteiger partial charge in [0.05, 0.1) is 28.8 Å². The Kier molecular flexibility index (Phi) is 7.78. The number of carboxylic acid groups (broad SMARTS) is 1. The first-order valence-electron chi connectivity index (χ1n) is 12.2. The van der Waals surface area contributed by atoms with E-state index in [-0.39, 0.29) is 12.4 Å². The molecule has 184 valence electrons. The summed E-state index contributed by atoms with van der Waals surface area (Å²) in [6.07, 6.45) is 9.44. The summed E-state index contributed by atoms with van der Waals surface area (Å²) in [5.41, 5.74) is 5.26. The van der Waals surface area contributed by atoms with Crippen molar-refractivity contribution in [3.8, 4) is 0 Å². The number of nitrogens with one attached hydrogen (secondary N) is 1. The molecule has 2 aliphatic rings. The average Bonchev–Trinajstić information content (AvgIpc) is 3.30. The van der Waals surface area contributed by atoms with Gasteiger partial charge in [-0.2, -0.15) is 5.10 Å². The van der Waals surface area contributed by atoms with Crippen LogP contribution in [0.5, 0.6) is 0 Å². The minimum Gasteiger partial charge on any atom is -0.483 e. The van der Waals surface area contributed by atoms with Crippen LogP contribution in [0.15, 0.2) is 24.5 Å². The molecule has 0 radical (unpaired) electrons. The predicted octanol–water partition coefficient (Wildman–Crippen LogP) is 4.48. The number of fused-ring (bicyclic) bond motifs is 3. The van der Waals surface area contributed by atoms with E-state index < -0.39 is 0 Å². The summed E-state index contributed by atoms with van der Waals surface area (Å²) in [7, 11) is 2.22. The van der Waals surface area contributed by atoms with Gasteiger partial charge in [-0.15, -0.1) is 0 Å². The second kappa shape index (κ2) is 10.8. The molecular weight excluding hydrogens is 452 g/mol. The van der Waals surface area contributed by atoms with Gasteiger partial charge in [0, 0.05) is 42.5 Å². The van der Waals surface area contributed by atoms with Crippen LogP contribution in [0.3, 0.4) is 0 Å². The van der Waals surface area contributed by atoms with Gasteiger partial charge >= 0.3 is 0 Å². The summed E-state index contributed by atoms with van der Waals surface area (Å²) in [4.78, 5) is 16.1. The van der Waals surface area contributed by atoms with Gasteiger partial charge in [-0.05, 0) is 64.3 Å². The molecule has 2 N–H and O–H groups in total. The summed E-state index contributed by atoms with van der Waals surface area (Å²) in [6.45, 7) is 7.28. The maximum Gasteiger partial charge on any atom is 0.290 e. The van der Waals surface area contributed by atoms with E-state index >= 15 is 0 Å². The van der Waals surface area contributed by atoms with Gasteiger partial charge in [0.2, 0.25) is 0 Å². The SMILES string of the molecule is CC(Cn1cc(Cl)cn1)c1nc2c3c(ccc2n1C1CCCNCC1)N(C)C(C)CC3.O=CO. The molecule has 1 saturated heterocycles. The normalized spacial score (nSPS) is 21.4. The van der Waals surface area contributed by atoms with E-state index in [4.69, 9.17) is 26.5 Å². The number of nitrogens with zero attached hydrogens (tertiary/aromatic N) is 5. The van der Waals surface area contributed by atoms with E-state index in [1.54, 1.807) is 6.20 Å². The Morgan fingerprint density at radius 1 is 1.29 bits per heavy atom. The second-order valence-corrected chi connectivity index (χ2v) is 9.93. The average molecular weight is 487 g/mol. The van der Waals surface area contributed by atoms with Crippen LogP contribution < -0.4 is 10.2 Å². The molecule has 1 fully saturated rings. The second-order valence-electron chi connectivity index (χ2n) is 9.49. The monoisotopic (exact) mass is 486 g/mol. The minimum atomic E-state index is -0.250. The number of imidazole rings is 1. The molecule has 0 saturated carbocycles. The lowest BCUT2D eigenvalue weighted by atomic mass is 9.96. The first-order chi connectivity index (χ1) is 16.4. The molecule has 0 bridgehead atoms. The van der Waals surface area contributed by atoms with Crippen molar-refractivity contribution in [3.63, 3.8) is 0 Å². The van der Waals surface area contributed by atoms with E-state index in [2.05, 4.69) is 52.9 Å². The van der Waals surface area contributed by atoms with Crippen LogP contribution in [-0.4, -0.2) is 57.1 Å². The summed E-state index contributed by atoms with van der Waals surface area (Å²) in [5.74, 6) is 1.43. The van der Waals surface area contributed by atoms with Crippen molar-refractivity contribution in [2.45, 2.75) is 70.5 Å². The summed E-state index contributed by atoms with van der Waals surface area (Å²) in [6, 6.07) is 5.69. The Bertz CT molecular complexity index is 1120. The molecule has 5 rings (SSSR count). The third-order valence-corrected chi connectivity index (χ3v) is 7.43. The number of carbonyl (C=O) groups is 1. The number of aryl methyl sites for hydroxylation is 1. The fourth-order valence-corrected chi connectivity index (χ4v) is 5.53. The summed E-state index contributed by atoms with van der Waals surface area (Å²) < 4.78 is 4.51. The van der Waals surface area contributed by atoms with Crippen molar-refractivity contribution < 1.29 is 9.90 Å². The molecule has 4 heterocycles. The summed E-state index contributed by atoms with van der Waals surface area (Å²) in [5, 5.41) is 15.6. The van der Waals surface area contributed by atoms with Crippen LogP contribution in [0.1, 0.15) is 62.9 Å². The molecular formula is C25H35ClN6O2. The molecule has 8 nitrogen and oxygen atoms in total. The Morgan fingerprint density at radius 2 is 2.09 bits per heavy atom. The molecule has 0 amide bonds. The van der Waals surface area contributed by atoms with Gasteiger partial charge < -0.3 is 19.9 Å². The molecule has 3 atom stereocenters. The Hall–Kier alpha value is -2.58. The maximum atomic E-state index is 8.36. The molecule has 9 heteroatoms. The first-order valence-corrected chi connectivity index (χ1v) is 12.6. The molecule has 34 heavy (non-hydrogen) atoms. The fourth-order valence-electron chi connectivity index (χ4n) is 5.38. The van der Waals surface area contributed by atoms with Crippen molar-refractivity contribution in [2.24, 2.45) is 0 Å². The fraction of sp³-hybridized carbons (Fsp3) is 0.560. The molecule has 1 aromatic carbocycles. The number of rotatable bonds is 4. The van der Waals surface area contributed by atoms with E-state index in [1.807, 2.05) is 10.9 Å². The maximum absolute atomic E-state index is 8.36. The Balaban J connectivity index is 0.000000868. The number of anilines is 1.